The molecule has 1 rings (SSSR count). The number of nitrogens with one attached hydrogen (secondary N) is 1. The zero-order chi connectivity index (χ0) is 14.3. The molecule has 0 saturated carbocycles. The Morgan fingerprint density at radius 3 is 2.68 bits per heavy atom. The van der Waals surface area contributed by atoms with Crippen molar-refractivity contribution < 1.29 is 24.6 Å². The Bertz CT molecular complexity index is 345. The van der Waals surface area contributed by atoms with Crippen molar-refractivity contribution in [3.8, 4) is 0 Å². The number of hydrogen-bond acceptors (Lipinski definition) is 4. The molecule has 0 aromatic rings. The number of aliphatic carboxylic acids is 1. The van der Waals surface area contributed by atoms with Crippen molar-refractivity contribution in [1.29, 1.82) is 0 Å². The number of hydrogen-bond donors (Lipinski definition) is 3. The SMILES string of the molecule is O=C(CN1CCCCCC1=O)N[C@H](CCO)C(=O)O. The topological polar surface area (TPSA) is 107 Å². The number of rotatable bonds is 6. The summed E-state index contributed by atoms with van der Waals surface area (Å²) in [7, 11) is 0. The average molecular weight is 272 g/mol. The lowest BCUT2D eigenvalue weighted by molar-refractivity contribution is -0.143. The summed E-state index contributed by atoms with van der Waals surface area (Å²) < 4.78 is 0. The van der Waals surface area contributed by atoms with E-state index in [2.05, 4.69) is 5.32 Å². The number of amides is 2. The average Bonchev–Trinajstić information content (AvgIpc) is 2.54. The van der Waals surface area contributed by atoms with Crippen LogP contribution in [0.5, 0.6) is 0 Å². The maximum absolute atomic E-state index is 11.7. The van der Waals surface area contributed by atoms with Gasteiger partial charge >= 0.3 is 5.97 Å². The van der Waals surface area contributed by atoms with Crippen LogP contribution in [-0.4, -0.2) is 58.6 Å². The zero-order valence-corrected chi connectivity index (χ0v) is 10.8. The van der Waals surface area contributed by atoms with E-state index in [1.165, 1.54) is 4.90 Å². The van der Waals surface area contributed by atoms with Crippen molar-refractivity contribution in [2.45, 2.75) is 38.1 Å². The van der Waals surface area contributed by atoms with Gasteiger partial charge in [0, 0.05) is 26.0 Å². The molecule has 0 spiro atoms. The number of carbonyl (C=O) groups is 3. The second-order valence-electron chi connectivity index (χ2n) is 4.60. The van der Waals surface area contributed by atoms with Crippen LogP contribution in [0.25, 0.3) is 0 Å². The quantitative estimate of drug-likeness (QED) is 0.595. The van der Waals surface area contributed by atoms with Gasteiger partial charge in [0.1, 0.15) is 6.04 Å². The van der Waals surface area contributed by atoms with Gasteiger partial charge in [-0.25, -0.2) is 4.79 Å². The first kappa shape index (κ1) is 15.4. The third-order valence-corrected chi connectivity index (χ3v) is 3.06. The molecular weight excluding hydrogens is 252 g/mol. The van der Waals surface area contributed by atoms with Crippen LogP contribution in [0.4, 0.5) is 0 Å². The molecule has 0 unspecified atom stereocenters. The molecule has 0 bridgehead atoms. The Morgan fingerprint density at radius 1 is 1.32 bits per heavy atom. The maximum atomic E-state index is 11.7. The lowest BCUT2D eigenvalue weighted by Crippen LogP contribution is -2.47. The van der Waals surface area contributed by atoms with Crippen molar-refractivity contribution in [2.75, 3.05) is 19.7 Å². The number of carboxylic acid groups (broad SMARTS) is 1. The molecule has 1 fully saturated rings. The van der Waals surface area contributed by atoms with Crippen LogP contribution >= 0.6 is 0 Å². The molecule has 19 heavy (non-hydrogen) atoms. The fourth-order valence-corrected chi connectivity index (χ4v) is 2.01. The minimum atomic E-state index is -1.19. The third-order valence-electron chi connectivity index (χ3n) is 3.06. The number of aliphatic hydroxyl groups is 1. The van der Waals surface area contributed by atoms with Crippen molar-refractivity contribution in [2.24, 2.45) is 0 Å². The van der Waals surface area contributed by atoms with E-state index in [4.69, 9.17) is 10.2 Å². The Balaban J connectivity index is 2.48. The van der Waals surface area contributed by atoms with Crippen LogP contribution in [0, 0.1) is 0 Å². The monoisotopic (exact) mass is 272 g/mol. The lowest BCUT2D eigenvalue weighted by atomic mass is 10.2. The maximum Gasteiger partial charge on any atom is 0.326 e. The van der Waals surface area contributed by atoms with E-state index >= 15 is 0 Å². The molecule has 1 heterocycles. The Kier molecular flexibility index (Phi) is 6.27. The molecule has 1 atom stereocenters. The van der Waals surface area contributed by atoms with E-state index < -0.39 is 17.9 Å². The first-order valence-corrected chi connectivity index (χ1v) is 6.45. The van der Waals surface area contributed by atoms with Gasteiger partial charge in [-0.15, -0.1) is 0 Å². The van der Waals surface area contributed by atoms with Crippen molar-refractivity contribution >= 4 is 17.8 Å². The molecule has 7 nitrogen and oxygen atoms in total. The lowest BCUT2D eigenvalue weighted by Gasteiger charge is -2.21. The number of carboxylic acids is 1. The number of carbonyl (C=O) groups excluding carboxylic acids is 2. The van der Waals surface area contributed by atoms with Crippen LogP contribution in [-0.2, 0) is 14.4 Å². The molecule has 2 amide bonds. The van der Waals surface area contributed by atoms with Crippen LogP contribution < -0.4 is 5.32 Å². The van der Waals surface area contributed by atoms with Crippen LogP contribution in [0.1, 0.15) is 32.1 Å². The Labute approximate surface area is 111 Å². The van der Waals surface area contributed by atoms with Crippen molar-refractivity contribution in [3.63, 3.8) is 0 Å². The largest absolute Gasteiger partial charge is 0.480 e. The van der Waals surface area contributed by atoms with Gasteiger partial charge in [0.25, 0.3) is 0 Å². The van der Waals surface area contributed by atoms with Crippen LogP contribution in [0.2, 0.25) is 0 Å². The van der Waals surface area contributed by atoms with E-state index in [1.54, 1.807) is 0 Å². The van der Waals surface area contributed by atoms with Gasteiger partial charge in [0.2, 0.25) is 11.8 Å². The highest BCUT2D eigenvalue weighted by atomic mass is 16.4. The van der Waals surface area contributed by atoms with Crippen LogP contribution in [0.15, 0.2) is 0 Å². The smallest absolute Gasteiger partial charge is 0.326 e. The van der Waals surface area contributed by atoms with E-state index in [0.29, 0.717) is 13.0 Å². The summed E-state index contributed by atoms with van der Waals surface area (Å²) in [6.07, 6.45) is 3.05. The molecular formula is C12H20N2O5. The summed E-state index contributed by atoms with van der Waals surface area (Å²) in [4.78, 5) is 35.7. The summed E-state index contributed by atoms with van der Waals surface area (Å²) in [6.45, 7) is 0.0952. The van der Waals surface area contributed by atoms with Gasteiger partial charge in [0.15, 0.2) is 0 Å². The zero-order valence-electron chi connectivity index (χ0n) is 10.8. The standard InChI is InChI=1S/C12H20N2O5/c15-7-5-9(12(18)19)13-10(16)8-14-6-3-1-2-4-11(14)17/h9,15H,1-8H2,(H,13,16)(H,18,19)/t9-/m1/s1. The Morgan fingerprint density at radius 2 is 2.05 bits per heavy atom. The fourth-order valence-electron chi connectivity index (χ4n) is 2.01. The number of likely N-dealkylation sites (tertiary alicyclic amines) is 1. The molecule has 0 aliphatic carbocycles. The van der Waals surface area contributed by atoms with E-state index in [-0.39, 0.29) is 25.5 Å². The molecule has 1 aliphatic rings. The molecule has 108 valence electrons. The van der Waals surface area contributed by atoms with Crippen LogP contribution in [0.3, 0.4) is 0 Å². The van der Waals surface area contributed by atoms with Gasteiger partial charge in [-0.2, -0.15) is 0 Å². The predicted octanol–water partition coefficient (Wildman–Crippen LogP) is -0.659. The first-order valence-electron chi connectivity index (χ1n) is 6.45. The molecule has 3 N–H and O–H groups in total. The minimum absolute atomic E-state index is 0.0466. The van der Waals surface area contributed by atoms with Gasteiger partial charge in [-0.05, 0) is 12.8 Å². The molecule has 0 aromatic carbocycles. The summed E-state index contributed by atoms with van der Waals surface area (Å²) in [5, 5.41) is 19.9. The minimum Gasteiger partial charge on any atom is -0.480 e. The van der Waals surface area contributed by atoms with Gasteiger partial charge in [0.05, 0.1) is 6.54 Å². The van der Waals surface area contributed by atoms with E-state index in [9.17, 15) is 14.4 Å². The van der Waals surface area contributed by atoms with Gasteiger partial charge < -0.3 is 20.4 Å². The van der Waals surface area contributed by atoms with E-state index in [1.807, 2.05) is 0 Å². The second kappa shape index (κ2) is 7.73. The summed E-state index contributed by atoms with van der Waals surface area (Å²) in [5.41, 5.74) is 0. The Hall–Kier alpha value is -1.63. The van der Waals surface area contributed by atoms with Gasteiger partial charge in [-0.1, -0.05) is 6.42 Å². The van der Waals surface area contributed by atoms with E-state index in [0.717, 1.165) is 19.3 Å². The molecule has 0 aromatic heterocycles. The summed E-state index contributed by atoms with van der Waals surface area (Å²) in [6, 6.07) is -1.11. The first-order chi connectivity index (χ1) is 9.04. The summed E-state index contributed by atoms with van der Waals surface area (Å²) in [5.74, 6) is -1.76. The predicted molar refractivity (Wildman–Crippen MR) is 66.3 cm³/mol. The highest BCUT2D eigenvalue weighted by Gasteiger charge is 2.23. The highest BCUT2D eigenvalue weighted by Crippen LogP contribution is 2.10. The van der Waals surface area contributed by atoms with Crippen molar-refractivity contribution in [3.05, 3.63) is 0 Å². The molecule has 7 heteroatoms. The summed E-state index contributed by atoms with van der Waals surface area (Å²) >= 11 is 0. The van der Waals surface area contributed by atoms with Gasteiger partial charge in [-0.3, -0.25) is 9.59 Å². The fraction of sp³-hybridized carbons (Fsp3) is 0.750. The third kappa shape index (κ3) is 5.25. The normalized spacial score (nSPS) is 17.7. The number of aliphatic hydroxyl groups excluding tert-OH is 1. The second-order valence-corrected chi connectivity index (χ2v) is 4.60. The molecule has 1 saturated heterocycles. The molecule has 0 radical (unpaired) electrons. The highest BCUT2D eigenvalue weighted by molar-refractivity contribution is 5.88. The molecule has 1 aliphatic heterocycles. The number of nitrogens with zero attached hydrogens (tertiary/aromatic N) is 1. The van der Waals surface area contributed by atoms with Crippen molar-refractivity contribution in [1.82, 2.24) is 10.2 Å².